The van der Waals surface area contributed by atoms with Crippen molar-refractivity contribution in [3.63, 3.8) is 0 Å². The Morgan fingerprint density at radius 2 is 1.83 bits per heavy atom. The van der Waals surface area contributed by atoms with Gasteiger partial charge in [0.15, 0.2) is 0 Å². The van der Waals surface area contributed by atoms with Crippen LogP contribution in [0.5, 0.6) is 0 Å². The summed E-state index contributed by atoms with van der Waals surface area (Å²) in [5, 5.41) is 0. The highest BCUT2D eigenvalue weighted by Crippen LogP contribution is 2.42. The van der Waals surface area contributed by atoms with Crippen LogP contribution in [-0.4, -0.2) is 51.2 Å². The summed E-state index contributed by atoms with van der Waals surface area (Å²) in [5.74, 6) is -0.860. The van der Waals surface area contributed by atoms with Gasteiger partial charge in [-0.3, -0.25) is 19.6 Å². The molecule has 1 spiro atoms. The first-order valence-corrected chi connectivity index (χ1v) is 9.31. The molecule has 2 aliphatic rings. The Morgan fingerprint density at radius 1 is 1.07 bits per heavy atom. The van der Waals surface area contributed by atoms with Crippen LogP contribution in [0.4, 0.5) is 13.2 Å². The van der Waals surface area contributed by atoms with Crippen molar-refractivity contribution >= 4 is 11.8 Å². The lowest BCUT2D eigenvalue weighted by molar-refractivity contribution is -0.138. The molecular weight excluding hydrogens is 385 g/mol. The van der Waals surface area contributed by atoms with Gasteiger partial charge in [0.2, 0.25) is 5.91 Å². The standard InChI is InChI=1S/C20H19F3N4O2/c21-20(22,23)15-5-3-9-25-16(15)17(28)27-11-7-19(13-27)6-10-26(18(19)29)12-14-4-1-2-8-24-14/h1-5,8-9H,6-7,10-13H2. The van der Waals surface area contributed by atoms with Crippen LogP contribution in [-0.2, 0) is 17.5 Å². The van der Waals surface area contributed by atoms with Crippen molar-refractivity contribution in [1.29, 1.82) is 0 Å². The number of likely N-dealkylation sites (tertiary alicyclic amines) is 2. The lowest BCUT2D eigenvalue weighted by atomic mass is 9.85. The normalized spacial score (nSPS) is 22.0. The van der Waals surface area contributed by atoms with Crippen LogP contribution in [0.15, 0.2) is 42.7 Å². The molecule has 2 saturated heterocycles. The summed E-state index contributed by atoms with van der Waals surface area (Å²) in [6.45, 7) is 1.26. The lowest BCUT2D eigenvalue weighted by Crippen LogP contribution is -2.38. The maximum absolute atomic E-state index is 13.2. The highest BCUT2D eigenvalue weighted by Gasteiger charge is 2.52. The molecule has 1 unspecified atom stereocenters. The Kier molecular flexibility index (Phi) is 4.76. The molecule has 6 nitrogen and oxygen atoms in total. The summed E-state index contributed by atoms with van der Waals surface area (Å²) in [5.41, 5.74) is -1.64. The third-order valence-electron chi connectivity index (χ3n) is 5.64. The molecule has 1 atom stereocenters. The van der Waals surface area contributed by atoms with Crippen LogP contribution in [0, 0.1) is 5.41 Å². The minimum absolute atomic E-state index is 0.0736. The average molecular weight is 404 g/mol. The fourth-order valence-electron chi connectivity index (χ4n) is 4.11. The molecule has 0 aliphatic carbocycles. The number of hydrogen-bond acceptors (Lipinski definition) is 4. The van der Waals surface area contributed by atoms with Crippen LogP contribution in [0.25, 0.3) is 0 Å². The summed E-state index contributed by atoms with van der Waals surface area (Å²) in [6.07, 6.45) is -0.836. The van der Waals surface area contributed by atoms with Gasteiger partial charge in [-0.15, -0.1) is 0 Å². The van der Waals surface area contributed by atoms with Crippen LogP contribution < -0.4 is 0 Å². The topological polar surface area (TPSA) is 66.4 Å². The molecule has 29 heavy (non-hydrogen) atoms. The maximum atomic E-state index is 13.2. The Labute approximate surface area is 165 Å². The van der Waals surface area contributed by atoms with E-state index in [2.05, 4.69) is 9.97 Å². The number of amides is 2. The Hall–Kier alpha value is -2.97. The summed E-state index contributed by atoms with van der Waals surface area (Å²) in [6, 6.07) is 7.48. The SMILES string of the molecule is O=C(c1ncccc1C(F)(F)F)N1CCC2(CCN(Cc3ccccn3)C2=O)C1. The van der Waals surface area contributed by atoms with E-state index in [4.69, 9.17) is 0 Å². The van der Waals surface area contributed by atoms with Crippen molar-refractivity contribution in [2.45, 2.75) is 25.6 Å². The van der Waals surface area contributed by atoms with Crippen molar-refractivity contribution in [3.05, 3.63) is 59.7 Å². The molecule has 0 aromatic carbocycles. The predicted octanol–water partition coefficient (Wildman–Crippen LogP) is 2.76. The molecule has 2 amide bonds. The number of aromatic nitrogens is 2. The molecule has 0 radical (unpaired) electrons. The van der Waals surface area contributed by atoms with Crippen molar-refractivity contribution in [2.24, 2.45) is 5.41 Å². The van der Waals surface area contributed by atoms with E-state index in [0.717, 1.165) is 17.8 Å². The Morgan fingerprint density at radius 3 is 2.55 bits per heavy atom. The number of alkyl halides is 3. The van der Waals surface area contributed by atoms with Crippen LogP contribution >= 0.6 is 0 Å². The van der Waals surface area contributed by atoms with Crippen LogP contribution in [0.3, 0.4) is 0 Å². The average Bonchev–Trinajstić information content (AvgIpc) is 3.27. The molecular formula is C20H19F3N4O2. The Balaban J connectivity index is 1.50. The maximum Gasteiger partial charge on any atom is 0.418 e. The number of carbonyl (C=O) groups is 2. The molecule has 0 saturated carbocycles. The zero-order valence-corrected chi connectivity index (χ0v) is 15.5. The van der Waals surface area contributed by atoms with E-state index in [-0.39, 0.29) is 19.0 Å². The van der Waals surface area contributed by atoms with Gasteiger partial charge in [-0.2, -0.15) is 13.2 Å². The van der Waals surface area contributed by atoms with E-state index in [1.54, 1.807) is 17.2 Å². The van der Waals surface area contributed by atoms with Gasteiger partial charge in [0.1, 0.15) is 5.69 Å². The largest absolute Gasteiger partial charge is 0.418 e. The number of nitrogens with zero attached hydrogens (tertiary/aromatic N) is 4. The fourth-order valence-corrected chi connectivity index (χ4v) is 4.11. The zero-order valence-electron chi connectivity index (χ0n) is 15.5. The van der Waals surface area contributed by atoms with Crippen molar-refractivity contribution < 1.29 is 22.8 Å². The van der Waals surface area contributed by atoms with Gasteiger partial charge in [-0.05, 0) is 37.1 Å². The second-order valence-corrected chi connectivity index (χ2v) is 7.45. The number of pyridine rings is 2. The summed E-state index contributed by atoms with van der Waals surface area (Å²) < 4.78 is 39.7. The van der Waals surface area contributed by atoms with Gasteiger partial charge >= 0.3 is 6.18 Å². The lowest BCUT2D eigenvalue weighted by Gasteiger charge is -2.24. The number of halogens is 3. The first-order chi connectivity index (χ1) is 13.8. The third kappa shape index (κ3) is 3.56. The molecule has 9 heteroatoms. The second-order valence-electron chi connectivity index (χ2n) is 7.45. The second kappa shape index (κ2) is 7.13. The zero-order chi connectivity index (χ0) is 20.6. The fraction of sp³-hybridized carbons (Fsp3) is 0.400. The van der Waals surface area contributed by atoms with Gasteiger partial charge in [0.05, 0.1) is 23.2 Å². The molecule has 2 aromatic rings. The van der Waals surface area contributed by atoms with Crippen LogP contribution in [0.1, 0.15) is 34.6 Å². The number of rotatable bonds is 3. The molecule has 2 aromatic heterocycles. The number of carbonyl (C=O) groups excluding carboxylic acids is 2. The van der Waals surface area contributed by atoms with E-state index in [1.807, 2.05) is 12.1 Å². The molecule has 4 rings (SSSR count). The van der Waals surface area contributed by atoms with Crippen molar-refractivity contribution in [1.82, 2.24) is 19.8 Å². The van der Waals surface area contributed by atoms with Crippen molar-refractivity contribution in [3.8, 4) is 0 Å². The summed E-state index contributed by atoms with van der Waals surface area (Å²) in [4.78, 5) is 36.7. The molecule has 0 bridgehead atoms. The first-order valence-electron chi connectivity index (χ1n) is 9.31. The van der Waals surface area contributed by atoms with Gasteiger partial charge in [0.25, 0.3) is 5.91 Å². The molecule has 2 aliphatic heterocycles. The summed E-state index contributed by atoms with van der Waals surface area (Å²) >= 11 is 0. The van der Waals surface area contributed by atoms with Crippen molar-refractivity contribution in [2.75, 3.05) is 19.6 Å². The predicted molar refractivity (Wildman–Crippen MR) is 96.5 cm³/mol. The summed E-state index contributed by atoms with van der Waals surface area (Å²) in [7, 11) is 0. The smallest absolute Gasteiger partial charge is 0.336 e. The van der Waals surface area contributed by atoms with E-state index >= 15 is 0 Å². The van der Waals surface area contributed by atoms with E-state index in [9.17, 15) is 22.8 Å². The van der Waals surface area contributed by atoms with Gasteiger partial charge in [-0.1, -0.05) is 6.07 Å². The molecule has 2 fully saturated rings. The Bertz CT molecular complexity index is 935. The van der Waals surface area contributed by atoms with Gasteiger partial charge < -0.3 is 9.80 Å². The molecule has 152 valence electrons. The monoisotopic (exact) mass is 404 g/mol. The van der Waals surface area contributed by atoms with E-state index < -0.39 is 28.8 Å². The van der Waals surface area contributed by atoms with E-state index in [1.165, 1.54) is 11.1 Å². The van der Waals surface area contributed by atoms with Gasteiger partial charge in [-0.25, -0.2) is 0 Å². The first kappa shape index (κ1) is 19.4. The molecule has 0 N–H and O–H groups in total. The quantitative estimate of drug-likeness (QED) is 0.789. The highest BCUT2D eigenvalue weighted by molar-refractivity contribution is 5.95. The minimum Gasteiger partial charge on any atom is -0.336 e. The third-order valence-corrected chi connectivity index (χ3v) is 5.64. The molecule has 4 heterocycles. The van der Waals surface area contributed by atoms with Gasteiger partial charge in [0, 0.05) is 32.0 Å². The highest BCUT2D eigenvalue weighted by atomic mass is 19.4. The minimum atomic E-state index is -4.67. The number of hydrogen-bond donors (Lipinski definition) is 0. The van der Waals surface area contributed by atoms with E-state index in [0.29, 0.717) is 25.9 Å². The van der Waals surface area contributed by atoms with Crippen LogP contribution in [0.2, 0.25) is 0 Å².